The fourth-order valence-electron chi connectivity index (χ4n) is 2.04. The molecule has 0 aliphatic heterocycles. The number of carbonyl (C=O) groups is 2. The van der Waals surface area contributed by atoms with Crippen LogP contribution in [0, 0.1) is 6.92 Å². The molecule has 0 N–H and O–H groups in total. The summed E-state index contributed by atoms with van der Waals surface area (Å²) in [4.78, 5) is 28.9. The third-order valence-corrected chi connectivity index (χ3v) is 4.01. The van der Waals surface area contributed by atoms with E-state index in [-0.39, 0.29) is 17.0 Å². The van der Waals surface area contributed by atoms with Gasteiger partial charge in [0.15, 0.2) is 20.9 Å². The van der Waals surface area contributed by atoms with Gasteiger partial charge in [-0.3, -0.25) is 14.2 Å². The molecule has 0 fully saturated rings. The van der Waals surface area contributed by atoms with Crippen molar-refractivity contribution in [3.05, 3.63) is 74.5 Å². The van der Waals surface area contributed by atoms with Crippen LogP contribution in [0.5, 0.6) is 0 Å². The summed E-state index contributed by atoms with van der Waals surface area (Å²) in [6.07, 6.45) is 1.52. The second kappa shape index (κ2) is 6.74. The van der Waals surface area contributed by atoms with E-state index in [4.69, 9.17) is 8.83 Å². The molecule has 0 spiro atoms. The fraction of sp³-hybridized carbons (Fsp3) is 0.0625. The van der Waals surface area contributed by atoms with E-state index >= 15 is 0 Å². The first-order valence-corrected chi connectivity index (χ1v) is 8.37. The van der Waals surface area contributed by atoms with Gasteiger partial charge in [0.05, 0.1) is 0 Å². The van der Waals surface area contributed by atoms with Crippen molar-refractivity contribution in [3.63, 3.8) is 0 Å². The van der Waals surface area contributed by atoms with Crippen molar-refractivity contribution in [1.29, 1.82) is 0 Å². The molecule has 24 heavy (non-hydrogen) atoms. The van der Waals surface area contributed by atoms with Crippen molar-refractivity contribution < 1.29 is 18.4 Å². The van der Waals surface area contributed by atoms with E-state index in [1.807, 2.05) is 0 Å². The second-order valence-electron chi connectivity index (χ2n) is 4.81. The third-order valence-electron chi connectivity index (χ3n) is 3.16. The highest BCUT2D eigenvalue weighted by molar-refractivity contribution is 9.10. The molecule has 3 aromatic heterocycles. The van der Waals surface area contributed by atoms with Gasteiger partial charge in [-0.25, -0.2) is 0 Å². The SMILES string of the molecule is Cc1cccn(C(=O)c2ccc(Br)o2)c1=NC(=O)c1ccc(Br)o1. The number of pyridine rings is 1. The van der Waals surface area contributed by atoms with Gasteiger partial charge in [-0.1, -0.05) is 6.07 Å². The number of hydrogen-bond donors (Lipinski definition) is 0. The van der Waals surface area contributed by atoms with E-state index in [1.54, 1.807) is 31.2 Å². The number of rotatable bonds is 2. The first-order valence-electron chi connectivity index (χ1n) is 6.78. The van der Waals surface area contributed by atoms with Gasteiger partial charge in [0, 0.05) is 6.20 Å². The van der Waals surface area contributed by atoms with Gasteiger partial charge < -0.3 is 8.83 Å². The Morgan fingerprint density at radius 2 is 1.62 bits per heavy atom. The Labute approximate surface area is 153 Å². The van der Waals surface area contributed by atoms with Crippen molar-refractivity contribution >= 4 is 43.7 Å². The molecule has 0 saturated carbocycles. The summed E-state index contributed by atoms with van der Waals surface area (Å²) in [7, 11) is 0. The van der Waals surface area contributed by atoms with Crippen LogP contribution in [0.3, 0.4) is 0 Å². The monoisotopic (exact) mass is 452 g/mol. The van der Waals surface area contributed by atoms with E-state index in [0.717, 1.165) is 0 Å². The summed E-state index contributed by atoms with van der Waals surface area (Å²) in [5.74, 6) is -0.819. The summed E-state index contributed by atoms with van der Waals surface area (Å²) < 4.78 is 12.6. The maximum Gasteiger partial charge on any atom is 0.314 e. The molecular formula is C16H10Br2N2O4. The van der Waals surface area contributed by atoms with Gasteiger partial charge in [0.1, 0.15) is 5.49 Å². The Balaban J connectivity index is 2.09. The predicted molar refractivity (Wildman–Crippen MR) is 91.6 cm³/mol. The molecule has 0 unspecified atom stereocenters. The molecule has 1 amide bonds. The standard InChI is InChI=1S/C16H10Br2N2O4/c1-9-3-2-8-20(16(22)11-5-7-13(18)24-11)14(9)19-15(21)10-4-6-12(17)23-10/h2-8H,1H3. The number of aromatic nitrogens is 1. The lowest BCUT2D eigenvalue weighted by Crippen LogP contribution is -2.30. The van der Waals surface area contributed by atoms with Crippen LogP contribution in [-0.2, 0) is 0 Å². The number of furan rings is 2. The number of carbonyl (C=O) groups excluding carboxylic acids is 2. The molecular weight excluding hydrogens is 444 g/mol. The molecule has 3 heterocycles. The van der Waals surface area contributed by atoms with Crippen molar-refractivity contribution in [1.82, 2.24) is 4.57 Å². The Morgan fingerprint density at radius 1 is 1.00 bits per heavy atom. The maximum atomic E-state index is 12.6. The molecule has 122 valence electrons. The second-order valence-corrected chi connectivity index (χ2v) is 6.38. The Morgan fingerprint density at radius 3 is 2.21 bits per heavy atom. The van der Waals surface area contributed by atoms with E-state index in [1.165, 1.54) is 22.9 Å². The number of nitrogens with zero attached hydrogens (tertiary/aromatic N) is 2. The molecule has 0 aromatic carbocycles. The molecule has 0 atom stereocenters. The zero-order valence-corrected chi connectivity index (χ0v) is 15.5. The first kappa shape index (κ1) is 16.7. The van der Waals surface area contributed by atoms with Gasteiger partial charge in [-0.15, -0.1) is 0 Å². The molecule has 0 aliphatic carbocycles. The summed E-state index contributed by atoms with van der Waals surface area (Å²) >= 11 is 6.29. The lowest BCUT2D eigenvalue weighted by atomic mass is 10.3. The van der Waals surface area contributed by atoms with Crippen LogP contribution in [0.15, 0.2) is 65.8 Å². The van der Waals surface area contributed by atoms with Crippen LogP contribution in [0.25, 0.3) is 0 Å². The van der Waals surface area contributed by atoms with E-state index in [9.17, 15) is 9.59 Å². The number of halogens is 2. The Hall–Kier alpha value is -2.19. The van der Waals surface area contributed by atoms with Crippen LogP contribution in [0.2, 0.25) is 0 Å². The summed E-state index contributed by atoms with van der Waals surface area (Å²) in [5, 5.41) is 0. The van der Waals surface area contributed by atoms with E-state index in [2.05, 4.69) is 36.9 Å². The van der Waals surface area contributed by atoms with Crippen molar-refractivity contribution in [3.8, 4) is 0 Å². The molecule has 3 rings (SSSR count). The highest BCUT2D eigenvalue weighted by Crippen LogP contribution is 2.16. The third kappa shape index (κ3) is 3.34. The van der Waals surface area contributed by atoms with Crippen molar-refractivity contribution in [2.75, 3.05) is 0 Å². The topological polar surface area (TPSA) is 77.7 Å². The van der Waals surface area contributed by atoms with E-state index < -0.39 is 11.8 Å². The fourth-order valence-corrected chi connectivity index (χ4v) is 2.66. The number of amides is 1. The smallest absolute Gasteiger partial charge is 0.314 e. The highest BCUT2D eigenvalue weighted by atomic mass is 79.9. The minimum absolute atomic E-state index is 0.0740. The summed E-state index contributed by atoms with van der Waals surface area (Å²) in [6, 6.07) is 9.71. The van der Waals surface area contributed by atoms with E-state index in [0.29, 0.717) is 14.9 Å². The quantitative estimate of drug-likeness (QED) is 0.588. The normalized spacial score (nSPS) is 11.7. The molecule has 0 aliphatic rings. The van der Waals surface area contributed by atoms with Crippen LogP contribution in [-0.4, -0.2) is 16.4 Å². The van der Waals surface area contributed by atoms with Crippen molar-refractivity contribution in [2.45, 2.75) is 6.92 Å². The highest BCUT2D eigenvalue weighted by Gasteiger charge is 2.16. The van der Waals surface area contributed by atoms with Gasteiger partial charge in [0.25, 0.3) is 5.91 Å². The largest absolute Gasteiger partial charge is 0.444 e. The first-order chi connectivity index (χ1) is 11.5. The molecule has 0 bridgehead atoms. The lowest BCUT2D eigenvalue weighted by molar-refractivity contribution is 0.0923. The molecule has 3 aromatic rings. The van der Waals surface area contributed by atoms with Crippen LogP contribution < -0.4 is 5.49 Å². The molecule has 8 heteroatoms. The summed E-state index contributed by atoms with van der Waals surface area (Å²) in [6.45, 7) is 1.76. The van der Waals surface area contributed by atoms with Gasteiger partial charge in [-0.05, 0) is 74.7 Å². The zero-order chi connectivity index (χ0) is 17.3. The Kier molecular flexibility index (Phi) is 4.68. The zero-order valence-electron chi connectivity index (χ0n) is 12.3. The Bertz CT molecular complexity index is 997. The van der Waals surface area contributed by atoms with Crippen LogP contribution in [0.1, 0.15) is 26.7 Å². The van der Waals surface area contributed by atoms with Gasteiger partial charge in [0.2, 0.25) is 0 Å². The molecule has 6 nitrogen and oxygen atoms in total. The lowest BCUT2D eigenvalue weighted by Gasteiger charge is -2.05. The van der Waals surface area contributed by atoms with Crippen LogP contribution in [0.4, 0.5) is 0 Å². The minimum atomic E-state index is -0.586. The average molecular weight is 454 g/mol. The maximum absolute atomic E-state index is 12.6. The number of hydrogen-bond acceptors (Lipinski definition) is 4. The average Bonchev–Trinajstić information content (AvgIpc) is 3.17. The van der Waals surface area contributed by atoms with Crippen LogP contribution >= 0.6 is 31.9 Å². The summed E-state index contributed by atoms with van der Waals surface area (Å²) in [5.41, 5.74) is 0.878. The van der Waals surface area contributed by atoms with Gasteiger partial charge in [-0.2, -0.15) is 4.99 Å². The minimum Gasteiger partial charge on any atom is -0.444 e. The van der Waals surface area contributed by atoms with Gasteiger partial charge >= 0.3 is 5.91 Å². The number of aryl methyl sites for hydroxylation is 1. The molecule has 0 radical (unpaired) electrons. The predicted octanol–water partition coefficient (Wildman–Crippen LogP) is 3.94. The molecule has 0 saturated heterocycles. The van der Waals surface area contributed by atoms with Crippen molar-refractivity contribution in [2.24, 2.45) is 4.99 Å².